The molecular formula is C20H28O3. The summed E-state index contributed by atoms with van der Waals surface area (Å²) in [7, 11) is 1.73. The van der Waals surface area contributed by atoms with Crippen LogP contribution in [0.5, 0.6) is 5.75 Å². The lowest BCUT2D eigenvalue weighted by molar-refractivity contribution is -0.0379. The lowest BCUT2D eigenvalue weighted by Crippen LogP contribution is -2.44. The van der Waals surface area contributed by atoms with Crippen LogP contribution in [0.4, 0.5) is 0 Å². The normalized spacial score (nSPS) is 41.8. The van der Waals surface area contributed by atoms with E-state index in [1.165, 1.54) is 17.5 Å². The third-order valence-corrected chi connectivity index (χ3v) is 7.28. The highest BCUT2D eigenvalue weighted by molar-refractivity contribution is 5.40. The molecule has 126 valence electrons. The van der Waals surface area contributed by atoms with Crippen LogP contribution >= 0.6 is 0 Å². The molecule has 1 aromatic carbocycles. The van der Waals surface area contributed by atoms with Gasteiger partial charge in [-0.15, -0.1) is 0 Å². The first-order valence-electron chi connectivity index (χ1n) is 9.04. The molecule has 3 aliphatic rings. The van der Waals surface area contributed by atoms with Crippen LogP contribution in [0.2, 0.25) is 0 Å². The molecule has 23 heavy (non-hydrogen) atoms. The van der Waals surface area contributed by atoms with Crippen molar-refractivity contribution in [2.75, 3.05) is 13.7 Å². The molecule has 0 heterocycles. The van der Waals surface area contributed by atoms with E-state index < -0.39 is 0 Å². The third-order valence-electron chi connectivity index (χ3n) is 7.28. The van der Waals surface area contributed by atoms with E-state index in [4.69, 9.17) is 4.74 Å². The second-order valence-electron chi connectivity index (χ2n) is 8.15. The SMILES string of the molecule is COc1ccc2c(c1)CC[C@@H]1[C@@H]2CC[C@]2(C)[C@@H](O)[C@@H](CO)C[C@@H]12. The fourth-order valence-corrected chi connectivity index (χ4v) is 6.01. The molecule has 0 saturated heterocycles. The average Bonchev–Trinajstić information content (AvgIpc) is 2.85. The predicted octanol–water partition coefficient (Wildman–Crippen LogP) is 3.13. The molecule has 3 nitrogen and oxygen atoms in total. The average molecular weight is 316 g/mol. The topological polar surface area (TPSA) is 49.7 Å². The van der Waals surface area contributed by atoms with Crippen LogP contribution in [0, 0.1) is 23.2 Å². The van der Waals surface area contributed by atoms with E-state index in [2.05, 4.69) is 25.1 Å². The summed E-state index contributed by atoms with van der Waals surface area (Å²) < 4.78 is 5.38. The van der Waals surface area contributed by atoms with Gasteiger partial charge in [0, 0.05) is 12.5 Å². The minimum absolute atomic E-state index is 0.00145. The van der Waals surface area contributed by atoms with Gasteiger partial charge in [-0.2, -0.15) is 0 Å². The third kappa shape index (κ3) is 2.16. The van der Waals surface area contributed by atoms with Gasteiger partial charge in [-0.05, 0) is 78.5 Å². The van der Waals surface area contributed by atoms with E-state index in [0.717, 1.165) is 31.4 Å². The summed E-state index contributed by atoms with van der Waals surface area (Å²) in [5, 5.41) is 20.4. The van der Waals surface area contributed by atoms with E-state index in [-0.39, 0.29) is 24.0 Å². The summed E-state index contributed by atoms with van der Waals surface area (Å²) in [6.45, 7) is 2.39. The highest BCUT2D eigenvalue weighted by Gasteiger charge is 2.57. The number of rotatable bonds is 2. The van der Waals surface area contributed by atoms with Crippen molar-refractivity contribution in [2.24, 2.45) is 23.2 Å². The number of benzene rings is 1. The summed E-state index contributed by atoms with van der Waals surface area (Å²) in [4.78, 5) is 0. The molecular weight excluding hydrogens is 288 g/mol. The lowest BCUT2D eigenvalue weighted by atomic mass is 9.55. The molecule has 0 amide bonds. The molecule has 2 saturated carbocycles. The van der Waals surface area contributed by atoms with Gasteiger partial charge in [0.25, 0.3) is 0 Å². The van der Waals surface area contributed by atoms with Crippen molar-refractivity contribution < 1.29 is 14.9 Å². The first kappa shape index (κ1) is 15.5. The molecule has 2 fully saturated rings. The molecule has 6 atom stereocenters. The zero-order chi connectivity index (χ0) is 16.2. The monoisotopic (exact) mass is 316 g/mol. The number of aliphatic hydroxyl groups is 2. The minimum atomic E-state index is -0.337. The molecule has 3 heteroatoms. The Hall–Kier alpha value is -1.06. The molecule has 0 bridgehead atoms. The second-order valence-corrected chi connectivity index (χ2v) is 8.15. The number of hydrogen-bond donors (Lipinski definition) is 2. The maximum atomic E-state index is 10.7. The van der Waals surface area contributed by atoms with Gasteiger partial charge >= 0.3 is 0 Å². The predicted molar refractivity (Wildman–Crippen MR) is 89.6 cm³/mol. The number of methoxy groups -OCH3 is 1. The molecule has 1 aromatic rings. The number of aryl methyl sites for hydroxylation is 1. The Morgan fingerprint density at radius 1 is 1.30 bits per heavy atom. The summed E-state index contributed by atoms with van der Waals surface area (Å²) in [6, 6.07) is 6.57. The van der Waals surface area contributed by atoms with Crippen LogP contribution in [0.25, 0.3) is 0 Å². The molecule has 0 unspecified atom stereocenters. The van der Waals surface area contributed by atoms with Gasteiger partial charge in [-0.25, -0.2) is 0 Å². The van der Waals surface area contributed by atoms with Crippen LogP contribution in [-0.4, -0.2) is 30.0 Å². The van der Waals surface area contributed by atoms with Gasteiger partial charge < -0.3 is 14.9 Å². The van der Waals surface area contributed by atoms with Crippen molar-refractivity contribution in [3.63, 3.8) is 0 Å². The van der Waals surface area contributed by atoms with Gasteiger partial charge in [0.2, 0.25) is 0 Å². The first-order valence-corrected chi connectivity index (χ1v) is 9.04. The fourth-order valence-electron chi connectivity index (χ4n) is 6.01. The molecule has 0 aromatic heterocycles. The van der Waals surface area contributed by atoms with Crippen LogP contribution < -0.4 is 4.74 Å². The first-order chi connectivity index (χ1) is 11.1. The van der Waals surface area contributed by atoms with Gasteiger partial charge in [0.05, 0.1) is 13.2 Å². The van der Waals surface area contributed by atoms with Crippen LogP contribution in [0.3, 0.4) is 0 Å². The Kier molecular flexibility index (Phi) is 3.69. The van der Waals surface area contributed by atoms with Gasteiger partial charge in [0.1, 0.15) is 5.75 Å². The van der Waals surface area contributed by atoms with Crippen LogP contribution in [0.1, 0.15) is 49.7 Å². The zero-order valence-electron chi connectivity index (χ0n) is 14.2. The smallest absolute Gasteiger partial charge is 0.119 e. The van der Waals surface area contributed by atoms with E-state index >= 15 is 0 Å². The summed E-state index contributed by atoms with van der Waals surface area (Å²) >= 11 is 0. The molecule has 2 N–H and O–H groups in total. The Balaban J connectivity index is 1.67. The van der Waals surface area contributed by atoms with Crippen molar-refractivity contribution in [2.45, 2.75) is 51.0 Å². The maximum Gasteiger partial charge on any atom is 0.119 e. The van der Waals surface area contributed by atoms with E-state index in [1.807, 2.05) is 0 Å². The van der Waals surface area contributed by atoms with Gasteiger partial charge in [-0.3, -0.25) is 0 Å². The summed E-state index contributed by atoms with van der Waals surface area (Å²) in [6.07, 6.45) is 5.20. The van der Waals surface area contributed by atoms with E-state index in [9.17, 15) is 10.2 Å². The number of aliphatic hydroxyl groups excluding tert-OH is 2. The highest BCUT2D eigenvalue weighted by Crippen LogP contribution is 2.62. The van der Waals surface area contributed by atoms with Crippen molar-refractivity contribution in [1.82, 2.24) is 0 Å². The minimum Gasteiger partial charge on any atom is -0.497 e. The largest absolute Gasteiger partial charge is 0.497 e. The van der Waals surface area contributed by atoms with Crippen molar-refractivity contribution >= 4 is 0 Å². The van der Waals surface area contributed by atoms with Gasteiger partial charge in [0.15, 0.2) is 0 Å². The second kappa shape index (κ2) is 5.49. The zero-order valence-corrected chi connectivity index (χ0v) is 14.2. The molecule has 4 rings (SSSR count). The summed E-state index contributed by atoms with van der Waals surface area (Å²) in [5.74, 6) is 2.84. The Labute approximate surface area is 138 Å². The number of hydrogen-bond acceptors (Lipinski definition) is 3. The number of fused-ring (bicyclic) bond motifs is 5. The van der Waals surface area contributed by atoms with Crippen molar-refractivity contribution in [3.8, 4) is 5.75 Å². The summed E-state index contributed by atoms with van der Waals surface area (Å²) in [5.41, 5.74) is 2.95. The molecule has 0 spiro atoms. The van der Waals surface area contributed by atoms with Crippen molar-refractivity contribution in [3.05, 3.63) is 29.3 Å². The molecule has 0 radical (unpaired) electrons. The Morgan fingerprint density at radius 3 is 2.87 bits per heavy atom. The fraction of sp³-hybridized carbons (Fsp3) is 0.700. The quantitative estimate of drug-likeness (QED) is 0.881. The van der Waals surface area contributed by atoms with E-state index in [1.54, 1.807) is 7.11 Å². The van der Waals surface area contributed by atoms with E-state index in [0.29, 0.717) is 17.8 Å². The van der Waals surface area contributed by atoms with Crippen LogP contribution in [0.15, 0.2) is 18.2 Å². The Bertz CT molecular complexity index is 599. The number of ether oxygens (including phenoxy) is 1. The van der Waals surface area contributed by atoms with Crippen molar-refractivity contribution in [1.29, 1.82) is 0 Å². The highest BCUT2D eigenvalue weighted by atomic mass is 16.5. The lowest BCUT2D eigenvalue weighted by Gasteiger charge is -2.50. The van der Waals surface area contributed by atoms with Crippen LogP contribution in [-0.2, 0) is 6.42 Å². The maximum absolute atomic E-state index is 10.7. The van der Waals surface area contributed by atoms with Gasteiger partial charge in [-0.1, -0.05) is 13.0 Å². The molecule has 0 aliphatic heterocycles. The standard InChI is InChI=1S/C20H28O3/c1-20-8-7-16-15-6-4-14(23-2)9-12(15)3-5-17(16)18(20)10-13(11-21)19(20)22/h4,6,9,13,16-19,21-22H,3,5,7-8,10-11H2,1-2H3/t13-,16-,17-,18+,19+,20+/m1/s1. The molecule has 3 aliphatic carbocycles. The Morgan fingerprint density at radius 2 is 2.13 bits per heavy atom.